The van der Waals surface area contributed by atoms with Crippen LogP contribution in [0.4, 0.5) is 5.00 Å². The van der Waals surface area contributed by atoms with Crippen molar-refractivity contribution in [2.24, 2.45) is 5.73 Å². The number of fused-ring (bicyclic) bond motifs is 1. The van der Waals surface area contributed by atoms with Crippen LogP contribution in [0.2, 0.25) is 10.0 Å². The highest BCUT2D eigenvalue weighted by molar-refractivity contribution is 7.17. The molecule has 1 aromatic carbocycles. The minimum atomic E-state index is -0.704. The van der Waals surface area contributed by atoms with E-state index in [-0.39, 0.29) is 10.6 Å². The van der Waals surface area contributed by atoms with Gasteiger partial charge in [0.2, 0.25) is 0 Å². The predicted molar refractivity (Wildman–Crippen MR) is 105 cm³/mol. The summed E-state index contributed by atoms with van der Waals surface area (Å²) in [5.74, 6) is -1.83. The number of hydrogen-bond donors (Lipinski definition) is 2. The van der Waals surface area contributed by atoms with E-state index in [0.29, 0.717) is 15.6 Å². The molecule has 1 aromatic heterocycles. The van der Waals surface area contributed by atoms with Gasteiger partial charge in [-0.1, -0.05) is 23.2 Å². The van der Waals surface area contributed by atoms with Gasteiger partial charge in [0.25, 0.3) is 11.8 Å². The monoisotopic (exact) mass is 426 g/mol. The molecular weight excluding hydrogens is 411 g/mol. The first kappa shape index (κ1) is 19.7. The van der Waals surface area contributed by atoms with E-state index in [1.54, 1.807) is 0 Å². The molecule has 0 radical (unpaired) electrons. The van der Waals surface area contributed by atoms with Gasteiger partial charge in [-0.25, -0.2) is 4.79 Å². The van der Waals surface area contributed by atoms with Crippen LogP contribution in [0.1, 0.15) is 44.0 Å². The summed E-state index contributed by atoms with van der Waals surface area (Å²) in [4.78, 5) is 37.1. The minimum absolute atomic E-state index is 0.182. The van der Waals surface area contributed by atoms with E-state index in [4.69, 9.17) is 33.7 Å². The Labute approximate surface area is 169 Å². The van der Waals surface area contributed by atoms with Crippen molar-refractivity contribution in [2.75, 3.05) is 11.9 Å². The summed E-state index contributed by atoms with van der Waals surface area (Å²) in [6, 6.07) is 4.28. The maximum absolute atomic E-state index is 12.2. The Hall–Kier alpha value is -2.09. The predicted octanol–water partition coefficient (Wildman–Crippen LogP) is 3.83. The Bertz CT molecular complexity index is 926. The molecule has 2 aromatic rings. The van der Waals surface area contributed by atoms with Gasteiger partial charge in [0.15, 0.2) is 6.61 Å². The fourth-order valence-corrected chi connectivity index (χ4v) is 4.52. The van der Waals surface area contributed by atoms with Gasteiger partial charge in [0, 0.05) is 4.88 Å². The first-order valence-electron chi connectivity index (χ1n) is 8.23. The van der Waals surface area contributed by atoms with Crippen LogP contribution in [0.5, 0.6) is 0 Å². The second-order valence-corrected chi connectivity index (χ2v) is 7.95. The lowest BCUT2D eigenvalue weighted by molar-refractivity contribution is -0.119. The fraction of sp³-hybridized carbons (Fsp3) is 0.278. The molecule has 0 saturated heterocycles. The lowest BCUT2D eigenvalue weighted by atomic mass is 9.95. The van der Waals surface area contributed by atoms with Crippen LogP contribution in [0.15, 0.2) is 18.2 Å². The molecule has 1 heterocycles. The molecule has 0 aliphatic heterocycles. The number of primary amides is 1. The van der Waals surface area contributed by atoms with Crippen molar-refractivity contribution in [3.63, 3.8) is 0 Å². The number of aryl methyl sites for hydroxylation is 1. The molecule has 0 fully saturated rings. The molecule has 1 aliphatic carbocycles. The zero-order valence-corrected chi connectivity index (χ0v) is 16.5. The maximum atomic E-state index is 12.2. The normalized spacial score (nSPS) is 13.0. The van der Waals surface area contributed by atoms with Crippen molar-refractivity contribution in [2.45, 2.75) is 25.7 Å². The zero-order valence-electron chi connectivity index (χ0n) is 14.1. The Balaban J connectivity index is 1.66. The molecule has 27 heavy (non-hydrogen) atoms. The first-order chi connectivity index (χ1) is 12.9. The lowest BCUT2D eigenvalue weighted by Crippen LogP contribution is -2.23. The highest BCUT2D eigenvalue weighted by Gasteiger charge is 2.25. The SMILES string of the molecule is NC(=O)c1c(NC(=O)COC(=O)c2ccc(Cl)c(Cl)c2)sc2c1CCCC2. The van der Waals surface area contributed by atoms with Gasteiger partial charge < -0.3 is 15.8 Å². The summed E-state index contributed by atoms with van der Waals surface area (Å²) in [7, 11) is 0. The standard InChI is InChI=1S/C18H16Cl2N2O4S/c19-11-6-5-9(7-12(11)20)18(25)26-8-14(23)22-17-15(16(21)24)10-3-1-2-4-13(10)27-17/h5-7H,1-4,8H2,(H2,21,24)(H,22,23). The van der Waals surface area contributed by atoms with Crippen LogP contribution in [-0.2, 0) is 22.4 Å². The molecule has 1 aliphatic rings. The maximum Gasteiger partial charge on any atom is 0.338 e. The Morgan fingerprint density at radius 1 is 1.15 bits per heavy atom. The number of esters is 1. The number of rotatable bonds is 5. The third-order valence-corrected chi connectivity index (χ3v) is 6.11. The van der Waals surface area contributed by atoms with E-state index in [2.05, 4.69) is 5.32 Å². The molecule has 0 atom stereocenters. The van der Waals surface area contributed by atoms with Crippen molar-refractivity contribution in [1.82, 2.24) is 0 Å². The lowest BCUT2D eigenvalue weighted by Gasteiger charge is -2.11. The molecule has 2 amide bonds. The largest absolute Gasteiger partial charge is 0.452 e. The van der Waals surface area contributed by atoms with Gasteiger partial charge in [-0.05, 0) is 49.4 Å². The number of carbonyl (C=O) groups is 3. The Morgan fingerprint density at radius 2 is 1.89 bits per heavy atom. The smallest absolute Gasteiger partial charge is 0.338 e. The van der Waals surface area contributed by atoms with Crippen LogP contribution in [0, 0.1) is 0 Å². The second kappa shape index (κ2) is 8.29. The summed E-state index contributed by atoms with van der Waals surface area (Å²) in [6.45, 7) is -0.500. The van der Waals surface area contributed by atoms with Crippen molar-refractivity contribution < 1.29 is 19.1 Å². The van der Waals surface area contributed by atoms with Crippen LogP contribution in [-0.4, -0.2) is 24.4 Å². The molecule has 0 saturated carbocycles. The Kier molecular flexibility index (Phi) is 6.04. The molecular formula is C18H16Cl2N2O4S. The average Bonchev–Trinajstić information content (AvgIpc) is 2.99. The van der Waals surface area contributed by atoms with E-state index in [9.17, 15) is 14.4 Å². The van der Waals surface area contributed by atoms with Crippen LogP contribution < -0.4 is 11.1 Å². The topological polar surface area (TPSA) is 98.5 Å². The number of benzene rings is 1. The van der Waals surface area contributed by atoms with Crippen molar-refractivity contribution in [3.05, 3.63) is 49.8 Å². The van der Waals surface area contributed by atoms with Gasteiger partial charge in [-0.3, -0.25) is 9.59 Å². The number of hydrogen-bond acceptors (Lipinski definition) is 5. The number of nitrogens with two attached hydrogens (primary N) is 1. The number of ether oxygens (including phenoxy) is 1. The first-order valence-corrected chi connectivity index (χ1v) is 9.80. The van der Waals surface area contributed by atoms with Crippen molar-refractivity contribution in [3.8, 4) is 0 Å². The zero-order chi connectivity index (χ0) is 19.6. The number of carbonyl (C=O) groups excluding carboxylic acids is 3. The van der Waals surface area contributed by atoms with Crippen LogP contribution in [0.25, 0.3) is 0 Å². The van der Waals surface area contributed by atoms with E-state index < -0.39 is 24.4 Å². The average molecular weight is 427 g/mol. The second-order valence-electron chi connectivity index (χ2n) is 6.03. The molecule has 3 N–H and O–H groups in total. The molecule has 6 nitrogen and oxygen atoms in total. The molecule has 142 valence electrons. The van der Waals surface area contributed by atoms with Gasteiger partial charge >= 0.3 is 5.97 Å². The summed E-state index contributed by atoms with van der Waals surface area (Å²) in [5.41, 5.74) is 6.95. The van der Waals surface area contributed by atoms with Gasteiger partial charge in [-0.2, -0.15) is 0 Å². The molecule has 0 unspecified atom stereocenters. The summed E-state index contributed by atoms with van der Waals surface area (Å²) >= 11 is 13.0. The van der Waals surface area contributed by atoms with E-state index >= 15 is 0 Å². The molecule has 9 heteroatoms. The van der Waals surface area contributed by atoms with Gasteiger partial charge in [-0.15, -0.1) is 11.3 Å². The summed E-state index contributed by atoms with van der Waals surface area (Å²) in [5, 5.41) is 3.56. The third-order valence-electron chi connectivity index (χ3n) is 4.16. The number of amides is 2. The summed E-state index contributed by atoms with van der Waals surface area (Å²) in [6.07, 6.45) is 3.66. The number of nitrogens with one attached hydrogen (secondary N) is 1. The third kappa shape index (κ3) is 4.43. The van der Waals surface area contributed by atoms with E-state index in [0.717, 1.165) is 36.1 Å². The minimum Gasteiger partial charge on any atom is -0.452 e. The van der Waals surface area contributed by atoms with Crippen LogP contribution in [0.3, 0.4) is 0 Å². The van der Waals surface area contributed by atoms with E-state index in [1.165, 1.54) is 29.5 Å². The van der Waals surface area contributed by atoms with Crippen molar-refractivity contribution in [1.29, 1.82) is 0 Å². The van der Waals surface area contributed by atoms with E-state index in [1.807, 2.05) is 0 Å². The molecule has 3 rings (SSSR count). The molecule has 0 spiro atoms. The highest BCUT2D eigenvalue weighted by atomic mass is 35.5. The van der Waals surface area contributed by atoms with Gasteiger partial charge in [0.1, 0.15) is 5.00 Å². The molecule has 0 bridgehead atoms. The Morgan fingerprint density at radius 3 is 2.59 bits per heavy atom. The number of anilines is 1. The quantitative estimate of drug-likeness (QED) is 0.709. The van der Waals surface area contributed by atoms with Crippen LogP contribution >= 0.6 is 34.5 Å². The highest BCUT2D eigenvalue weighted by Crippen LogP contribution is 2.37. The van der Waals surface area contributed by atoms with Crippen molar-refractivity contribution >= 4 is 57.3 Å². The number of halogens is 2. The number of thiophene rings is 1. The van der Waals surface area contributed by atoms with Gasteiger partial charge in [0.05, 0.1) is 21.2 Å². The fourth-order valence-electron chi connectivity index (χ4n) is 2.91. The summed E-state index contributed by atoms with van der Waals surface area (Å²) < 4.78 is 5.00.